The van der Waals surface area contributed by atoms with Crippen LogP contribution in [0.5, 0.6) is 0 Å². The molecular formula is C16H19N5O2S. The Kier molecular flexibility index (Phi) is 3.29. The molecule has 1 atom stereocenters. The van der Waals surface area contributed by atoms with Gasteiger partial charge in [-0.2, -0.15) is 4.31 Å². The van der Waals surface area contributed by atoms with Gasteiger partial charge >= 0.3 is 0 Å². The van der Waals surface area contributed by atoms with E-state index in [2.05, 4.69) is 21.5 Å². The molecule has 4 rings (SSSR count). The second-order valence-electron chi connectivity index (χ2n) is 6.34. The Morgan fingerprint density at radius 1 is 1.25 bits per heavy atom. The number of pyridine rings is 1. The Bertz CT molecular complexity index is 1060. The molecule has 2 aromatic heterocycles. The van der Waals surface area contributed by atoms with Gasteiger partial charge in [-0.1, -0.05) is 18.2 Å². The molecule has 0 amide bonds. The Morgan fingerprint density at radius 2 is 2.00 bits per heavy atom. The number of anilines is 1. The number of nitrogens with two attached hydrogens (primary N) is 1. The summed E-state index contributed by atoms with van der Waals surface area (Å²) in [5.74, 6) is 1.09. The summed E-state index contributed by atoms with van der Waals surface area (Å²) in [4.78, 5) is 9.08. The molecule has 8 heteroatoms. The smallest absolute Gasteiger partial charge is 0.211 e. The number of nitrogen functional groups attached to an aromatic ring is 1. The lowest BCUT2D eigenvalue weighted by Crippen LogP contribution is -2.29. The second-order valence-corrected chi connectivity index (χ2v) is 8.33. The second kappa shape index (κ2) is 5.15. The Balaban J connectivity index is 2.05. The number of imidazole rings is 1. The van der Waals surface area contributed by atoms with Crippen molar-refractivity contribution in [3.05, 3.63) is 30.1 Å². The van der Waals surface area contributed by atoms with Gasteiger partial charge in [-0.3, -0.25) is 0 Å². The molecule has 0 saturated carbocycles. The minimum absolute atomic E-state index is 0.127. The van der Waals surface area contributed by atoms with E-state index in [1.807, 2.05) is 24.3 Å². The number of para-hydroxylation sites is 1. The van der Waals surface area contributed by atoms with Gasteiger partial charge in [0.25, 0.3) is 0 Å². The molecule has 0 spiro atoms. The molecule has 24 heavy (non-hydrogen) atoms. The predicted octanol–water partition coefficient (Wildman–Crippen LogP) is 1.89. The molecule has 1 unspecified atom stereocenters. The lowest BCUT2D eigenvalue weighted by atomic mass is 10.1. The zero-order valence-electron chi connectivity index (χ0n) is 13.6. The highest BCUT2D eigenvalue weighted by atomic mass is 32.2. The Labute approximate surface area is 140 Å². The minimum atomic E-state index is -3.27. The quantitative estimate of drug-likeness (QED) is 0.727. The third-order valence-electron chi connectivity index (χ3n) is 4.65. The van der Waals surface area contributed by atoms with Crippen LogP contribution in [0.4, 0.5) is 5.82 Å². The van der Waals surface area contributed by atoms with Crippen molar-refractivity contribution in [1.82, 2.24) is 18.8 Å². The van der Waals surface area contributed by atoms with Crippen LogP contribution in [-0.2, 0) is 16.6 Å². The van der Waals surface area contributed by atoms with Crippen LogP contribution in [-0.4, -0.2) is 40.1 Å². The fourth-order valence-electron chi connectivity index (χ4n) is 3.44. The SMILES string of the molecule is CC1CCN(S(C)(=O)=O)Cc2nc3c(N)nc4ccccc4c3n21. The van der Waals surface area contributed by atoms with Gasteiger partial charge in [0, 0.05) is 18.0 Å². The molecule has 0 fully saturated rings. The average Bonchev–Trinajstić information content (AvgIpc) is 2.82. The highest BCUT2D eigenvalue weighted by Crippen LogP contribution is 2.34. The Morgan fingerprint density at radius 3 is 2.75 bits per heavy atom. The summed E-state index contributed by atoms with van der Waals surface area (Å²) in [6, 6.07) is 7.95. The highest BCUT2D eigenvalue weighted by molar-refractivity contribution is 7.88. The topological polar surface area (TPSA) is 94.1 Å². The number of hydrogen-bond donors (Lipinski definition) is 1. The molecule has 1 aliphatic rings. The van der Waals surface area contributed by atoms with Crippen molar-refractivity contribution in [2.24, 2.45) is 0 Å². The van der Waals surface area contributed by atoms with Crippen LogP contribution in [0.15, 0.2) is 24.3 Å². The van der Waals surface area contributed by atoms with Crippen molar-refractivity contribution in [1.29, 1.82) is 0 Å². The summed E-state index contributed by atoms with van der Waals surface area (Å²) in [6.45, 7) is 2.83. The van der Waals surface area contributed by atoms with Crippen LogP contribution in [0.2, 0.25) is 0 Å². The molecule has 0 bridgehead atoms. The van der Waals surface area contributed by atoms with Crippen LogP contribution in [0.3, 0.4) is 0 Å². The van der Waals surface area contributed by atoms with Crippen LogP contribution in [0.1, 0.15) is 25.2 Å². The molecule has 1 aliphatic heterocycles. The molecule has 3 aromatic rings. The summed E-state index contributed by atoms with van der Waals surface area (Å²) in [6.07, 6.45) is 1.96. The van der Waals surface area contributed by atoms with E-state index in [9.17, 15) is 8.42 Å². The number of rotatable bonds is 1. The fraction of sp³-hybridized carbons (Fsp3) is 0.375. The molecule has 0 aliphatic carbocycles. The maximum atomic E-state index is 12.0. The summed E-state index contributed by atoms with van der Waals surface area (Å²) in [5.41, 5.74) is 8.53. The van der Waals surface area contributed by atoms with E-state index in [-0.39, 0.29) is 12.6 Å². The molecule has 0 saturated heterocycles. The predicted molar refractivity (Wildman–Crippen MR) is 94.0 cm³/mol. The van der Waals surface area contributed by atoms with Gasteiger partial charge in [0.1, 0.15) is 11.3 Å². The van der Waals surface area contributed by atoms with E-state index in [0.717, 1.165) is 22.8 Å². The summed E-state index contributed by atoms with van der Waals surface area (Å²) in [7, 11) is -3.27. The van der Waals surface area contributed by atoms with Gasteiger partial charge in [-0.05, 0) is 19.4 Å². The number of sulfonamides is 1. The fourth-order valence-corrected chi connectivity index (χ4v) is 4.22. The first kappa shape index (κ1) is 15.3. The lowest BCUT2D eigenvalue weighted by Gasteiger charge is -2.16. The third-order valence-corrected chi connectivity index (χ3v) is 5.90. The van der Waals surface area contributed by atoms with E-state index >= 15 is 0 Å². The number of fused-ring (bicyclic) bond motifs is 5. The zero-order chi connectivity index (χ0) is 17.1. The van der Waals surface area contributed by atoms with Gasteiger partial charge < -0.3 is 10.3 Å². The standard InChI is InChI=1S/C16H19N5O2S/c1-10-7-8-20(24(2,22)23)9-13-19-14-15(21(10)13)11-5-3-4-6-12(11)18-16(14)17/h3-6,10H,7-9H2,1-2H3,(H2,17,18). The molecular weight excluding hydrogens is 326 g/mol. The van der Waals surface area contributed by atoms with Crippen molar-refractivity contribution >= 4 is 37.8 Å². The average molecular weight is 345 g/mol. The van der Waals surface area contributed by atoms with E-state index in [1.54, 1.807) is 0 Å². The lowest BCUT2D eigenvalue weighted by molar-refractivity contribution is 0.402. The summed E-state index contributed by atoms with van der Waals surface area (Å²) >= 11 is 0. The van der Waals surface area contributed by atoms with E-state index in [4.69, 9.17) is 5.73 Å². The zero-order valence-corrected chi connectivity index (χ0v) is 14.4. The van der Waals surface area contributed by atoms with E-state index in [1.165, 1.54) is 10.6 Å². The molecule has 7 nitrogen and oxygen atoms in total. The van der Waals surface area contributed by atoms with Gasteiger partial charge in [0.2, 0.25) is 10.0 Å². The third kappa shape index (κ3) is 2.25. The molecule has 3 heterocycles. The van der Waals surface area contributed by atoms with Crippen LogP contribution >= 0.6 is 0 Å². The summed E-state index contributed by atoms with van der Waals surface area (Å²) < 4.78 is 27.6. The normalized spacial score (nSPS) is 19.5. The molecule has 0 radical (unpaired) electrons. The maximum Gasteiger partial charge on any atom is 0.211 e. The van der Waals surface area contributed by atoms with E-state index < -0.39 is 10.0 Å². The van der Waals surface area contributed by atoms with Gasteiger partial charge in [-0.25, -0.2) is 18.4 Å². The maximum absolute atomic E-state index is 12.0. The Hall–Kier alpha value is -2.19. The summed E-state index contributed by atoms with van der Waals surface area (Å²) in [5, 5.41) is 0.986. The highest BCUT2D eigenvalue weighted by Gasteiger charge is 2.28. The monoisotopic (exact) mass is 345 g/mol. The van der Waals surface area contributed by atoms with Gasteiger partial charge in [0.15, 0.2) is 5.82 Å². The largest absolute Gasteiger partial charge is 0.382 e. The van der Waals surface area contributed by atoms with Crippen molar-refractivity contribution in [3.63, 3.8) is 0 Å². The first-order valence-electron chi connectivity index (χ1n) is 7.86. The van der Waals surface area contributed by atoms with Gasteiger partial charge in [-0.15, -0.1) is 0 Å². The van der Waals surface area contributed by atoms with Crippen LogP contribution in [0, 0.1) is 0 Å². The molecule has 1 aromatic carbocycles. The van der Waals surface area contributed by atoms with Crippen molar-refractivity contribution in [2.45, 2.75) is 25.9 Å². The number of benzene rings is 1. The van der Waals surface area contributed by atoms with Crippen LogP contribution < -0.4 is 5.73 Å². The van der Waals surface area contributed by atoms with Crippen molar-refractivity contribution in [2.75, 3.05) is 18.5 Å². The molecule has 2 N–H and O–H groups in total. The van der Waals surface area contributed by atoms with Crippen molar-refractivity contribution in [3.8, 4) is 0 Å². The molecule has 126 valence electrons. The van der Waals surface area contributed by atoms with Gasteiger partial charge in [0.05, 0.1) is 23.8 Å². The minimum Gasteiger partial charge on any atom is -0.382 e. The first-order chi connectivity index (χ1) is 11.4. The number of aromatic nitrogens is 3. The number of nitrogens with zero attached hydrogens (tertiary/aromatic N) is 4. The van der Waals surface area contributed by atoms with E-state index in [0.29, 0.717) is 23.7 Å². The van der Waals surface area contributed by atoms with Crippen LogP contribution in [0.25, 0.3) is 21.9 Å². The first-order valence-corrected chi connectivity index (χ1v) is 9.71. The number of hydrogen-bond acceptors (Lipinski definition) is 5. The van der Waals surface area contributed by atoms with Crippen molar-refractivity contribution < 1.29 is 8.42 Å².